The van der Waals surface area contributed by atoms with Crippen LogP contribution in [0.1, 0.15) is 12.7 Å². The molecule has 0 saturated heterocycles. The first kappa shape index (κ1) is 23.4. The molecule has 0 spiro atoms. The number of benzene rings is 2. The highest BCUT2D eigenvalue weighted by Gasteiger charge is 2.36. The van der Waals surface area contributed by atoms with Crippen molar-refractivity contribution in [3.63, 3.8) is 0 Å². The van der Waals surface area contributed by atoms with Crippen LogP contribution in [0.3, 0.4) is 0 Å². The van der Waals surface area contributed by atoms with Gasteiger partial charge >= 0.3 is 0 Å². The van der Waals surface area contributed by atoms with E-state index < -0.39 is 5.54 Å². The number of para-hydroxylation sites is 1. The van der Waals surface area contributed by atoms with Gasteiger partial charge in [-0.2, -0.15) is 4.52 Å². The Hall–Kier alpha value is -3.27. The second-order valence-electron chi connectivity index (χ2n) is 7.41. The lowest BCUT2D eigenvalue weighted by Crippen LogP contribution is -2.51. The highest BCUT2D eigenvalue weighted by atomic mass is 35.5. The molecule has 168 valence electrons. The Balaban J connectivity index is 0.00000289. The number of methoxy groups -OCH3 is 1. The van der Waals surface area contributed by atoms with Gasteiger partial charge in [-0.05, 0) is 50.4 Å². The van der Waals surface area contributed by atoms with E-state index in [4.69, 9.17) is 20.4 Å². The van der Waals surface area contributed by atoms with Gasteiger partial charge in [0.1, 0.15) is 5.75 Å². The Morgan fingerprint density at radius 3 is 2.53 bits per heavy atom. The smallest absolute Gasteiger partial charge is 0.247 e. The van der Waals surface area contributed by atoms with Gasteiger partial charge in [0.25, 0.3) is 0 Å². The first-order valence-electron chi connectivity index (χ1n) is 9.98. The summed E-state index contributed by atoms with van der Waals surface area (Å²) in [6, 6.07) is 15.1. The summed E-state index contributed by atoms with van der Waals surface area (Å²) in [5.74, 6) is 1.23. The number of carbonyl (C=O) groups is 1. The van der Waals surface area contributed by atoms with Gasteiger partial charge in [-0.1, -0.05) is 12.1 Å². The second kappa shape index (κ2) is 9.47. The summed E-state index contributed by atoms with van der Waals surface area (Å²) < 4.78 is 6.80. The molecule has 2 aromatic heterocycles. The molecule has 9 nitrogen and oxygen atoms in total. The van der Waals surface area contributed by atoms with Crippen LogP contribution < -0.4 is 21.1 Å². The highest BCUT2D eigenvalue weighted by Crippen LogP contribution is 2.27. The van der Waals surface area contributed by atoms with Gasteiger partial charge in [0, 0.05) is 24.0 Å². The molecule has 4 rings (SSSR count). The van der Waals surface area contributed by atoms with E-state index in [1.165, 1.54) is 0 Å². The summed E-state index contributed by atoms with van der Waals surface area (Å²) in [5.41, 5.74) is 7.19. The molecular formula is C22H26ClN7O2. The number of hydrogen-bond donors (Lipinski definition) is 3. The third-order valence-corrected chi connectivity index (χ3v) is 5.12. The lowest BCUT2D eigenvalue weighted by Gasteiger charge is -2.23. The molecule has 0 radical (unpaired) electrons. The van der Waals surface area contributed by atoms with Gasteiger partial charge in [0.2, 0.25) is 5.91 Å². The molecule has 10 heteroatoms. The number of nitrogens with zero attached hydrogens (tertiary/aromatic N) is 4. The molecule has 32 heavy (non-hydrogen) atoms. The number of nitrogens with two attached hydrogens (primary N) is 1. The maximum absolute atomic E-state index is 12.9. The van der Waals surface area contributed by atoms with Crippen molar-refractivity contribution >= 4 is 34.9 Å². The number of ether oxygens (including phenoxy) is 1. The Morgan fingerprint density at radius 1 is 1.12 bits per heavy atom. The van der Waals surface area contributed by atoms with Crippen LogP contribution in [0, 0.1) is 0 Å². The molecule has 0 aliphatic rings. The lowest BCUT2D eigenvalue weighted by molar-refractivity contribution is -0.126. The van der Waals surface area contributed by atoms with Crippen LogP contribution in [0.5, 0.6) is 5.75 Å². The van der Waals surface area contributed by atoms with Crippen molar-refractivity contribution < 1.29 is 9.53 Å². The molecule has 4 N–H and O–H groups in total. The van der Waals surface area contributed by atoms with Gasteiger partial charge < -0.3 is 21.1 Å². The van der Waals surface area contributed by atoms with Crippen LogP contribution in [0.25, 0.3) is 27.9 Å². The minimum absolute atomic E-state index is 0. The van der Waals surface area contributed by atoms with Gasteiger partial charge in [0.15, 0.2) is 22.8 Å². The molecule has 0 fully saturated rings. The number of hydrogen-bond acceptors (Lipinski definition) is 7. The molecule has 2 aromatic carbocycles. The van der Waals surface area contributed by atoms with Crippen LogP contribution in [-0.2, 0) is 10.3 Å². The average molecular weight is 456 g/mol. The number of carbonyl (C=O) groups excluding carboxylic acids is 1. The third-order valence-electron chi connectivity index (χ3n) is 5.12. The fourth-order valence-electron chi connectivity index (χ4n) is 3.34. The van der Waals surface area contributed by atoms with Gasteiger partial charge in [-0.3, -0.25) is 4.79 Å². The monoisotopic (exact) mass is 455 g/mol. The maximum atomic E-state index is 12.9. The van der Waals surface area contributed by atoms with Crippen molar-refractivity contribution in [1.29, 1.82) is 0 Å². The van der Waals surface area contributed by atoms with E-state index in [9.17, 15) is 4.79 Å². The molecule has 4 aromatic rings. The van der Waals surface area contributed by atoms with Crippen molar-refractivity contribution in [2.75, 3.05) is 27.2 Å². The van der Waals surface area contributed by atoms with Crippen LogP contribution in [0.2, 0.25) is 0 Å². The number of nitrogens with one attached hydrogen (secondary N) is 2. The predicted octanol–water partition coefficient (Wildman–Crippen LogP) is 1.88. The number of aromatic nitrogens is 4. The Bertz CT molecular complexity index is 1240. The molecule has 0 unspecified atom stereocenters. The average Bonchev–Trinajstić information content (AvgIpc) is 3.24. The summed E-state index contributed by atoms with van der Waals surface area (Å²) in [4.78, 5) is 22.3. The Labute approximate surface area is 191 Å². The first-order valence-corrected chi connectivity index (χ1v) is 9.98. The normalized spacial score (nSPS) is 12.9. The molecule has 1 atom stereocenters. The van der Waals surface area contributed by atoms with Gasteiger partial charge in [0.05, 0.1) is 12.6 Å². The highest BCUT2D eigenvalue weighted by molar-refractivity contribution is 5.93. The standard InChI is InChI=1S/C22H25N7O2.ClH/c1-22(23,21(30)25-13-12-24-2)20-26-17-7-5-4-6-16(17)19-27-18(28-29(19)20)14-8-10-15(31-3)11-9-14;/h4-11,24H,12-13,23H2,1-3H3,(H,25,30);1H/t22-;/m0./s1. The first-order chi connectivity index (χ1) is 15.0. The van der Waals surface area contributed by atoms with Gasteiger partial charge in [-0.15, -0.1) is 17.5 Å². The largest absolute Gasteiger partial charge is 0.497 e. The quantitative estimate of drug-likeness (QED) is 0.364. The number of halogens is 1. The second-order valence-corrected chi connectivity index (χ2v) is 7.41. The van der Waals surface area contributed by atoms with Crippen molar-refractivity contribution in [3.05, 3.63) is 54.4 Å². The minimum atomic E-state index is -1.42. The zero-order valence-electron chi connectivity index (χ0n) is 18.1. The fraction of sp³-hybridized carbons (Fsp3) is 0.273. The van der Waals surface area contributed by atoms with E-state index in [1.807, 2.05) is 55.6 Å². The number of fused-ring (bicyclic) bond motifs is 3. The molecule has 0 bridgehead atoms. The lowest BCUT2D eigenvalue weighted by atomic mass is 10.0. The number of likely N-dealkylation sites (N-methyl/N-ethyl adjacent to an activating group) is 1. The van der Waals surface area contributed by atoms with Gasteiger partial charge in [-0.25, -0.2) is 9.97 Å². The van der Waals surface area contributed by atoms with E-state index in [0.717, 1.165) is 16.7 Å². The summed E-state index contributed by atoms with van der Waals surface area (Å²) in [7, 11) is 3.43. The SMILES string of the molecule is CNCCNC(=O)[C@@](C)(N)c1nc2ccccc2c2nc(-c3ccc(OC)cc3)nn12.Cl. The summed E-state index contributed by atoms with van der Waals surface area (Å²) >= 11 is 0. The van der Waals surface area contributed by atoms with Crippen LogP contribution in [0.15, 0.2) is 48.5 Å². The Morgan fingerprint density at radius 2 is 1.84 bits per heavy atom. The zero-order valence-corrected chi connectivity index (χ0v) is 18.9. The topological polar surface area (TPSA) is 119 Å². The third kappa shape index (κ3) is 4.22. The molecule has 0 aliphatic heterocycles. The van der Waals surface area contributed by atoms with Crippen molar-refractivity contribution in [3.8, 4) is 17.1 Å². The van der Waals surface area contributed by atoms with E-state index in [0.29, 0.717) is 35.9 Å². The van der Waals surface area contributed by atoms with Crippen molar-refractivity contribution in [1.82, 2.24) is 30.2 Å². The van der Waals surface area contributed by atoms with Crippen LogP contribution in [0.4, 0.5) is 0 Å². The fourth-order valence-corrected chi connectivity index (χ4v) is 3.34. The molecule has 2 heterocycles. The Kier molecular flexibility index (Phi) is 6.93. The summed E-state index contributed by atoms with van der Waals surface area (Å²) in [5, 5.41) is 11.3. The number of amides is 1. The van der Waals surface area contributed by atoms with Crippen LogP contribution in [-0.4, -0.2) is 52.7 Å². The van der Waals surface area contributed by atoms with E-state index in [1.54, 1.807) is 18.5 Å². The van der Waals surface area contributed by atoms with Crippen LogP contribution >= 0.6 is 12.4 Å². The zero-order chi connectivity index (χ0) is 22.0. The minimum Gasteiger partial charge on any atom is -0.497 e. The maximum Gasteiger partial charge on any atom is 0.247 e. The van der Waals surface area contributed by atoms with Crippen molar-refractivity contribution in [2.45, 2.75) is 12.5 Å². The van der Waals surface area contributed by atoms with E-state index >= 15 is 0 Å². The van der Waals surface area contributed by atoms with E-state index in [2.05, 4.69) is 15.7 Å². The molecule has 1 amide bonds. The summed E-state index contributed by atoms with van der Waals surface area (Å²) in [6.45, 7) is 2.72. The summed E-state index contributed by atoms with van der Waals surface area (Å²) in [6.07, 6.45) is 0. The molecular weight excluding hydrogens is 430 g/mol. The number of rotatable bonds is 7. The predicted molar refractivity (Wildman–Crippen MR) is 126 cm³/mol. The molecule has 0 saturated carbocycles. The molecule has 0 aliphatic carbocycles. The van der Waals surface area contributed by atoms with Crippen molar-refractivity contribution in [2.24, 2.45) is 5.73 Å². The van der Waals surface area contributed by atoms with E-state index in [-0.39, 0.29) is 18.3 Å².